The lowest BCUT2D eigenvalue weighted by molar-refractivity contribution is -0.108. The van der Waals surface area contributed by atoms with E-state index in [2.05, 4.69) is 4.98 Å². The van der Waals surface area contributed by atoms with Crippen molar-refractivity contribution >= 4 is 52.3 Å². The fraction of sp³-hybridized carbons (Fsp3) is 0.235. The first-order valence-electron chi connectivity index (χ1n) is 7.23. The molecular formula is C17H17Cl2N3O2. The number of hydrogen-bond acceptors (Lipinski definition) is 4. The molecule has 2 heterocycles. The van der Waals surface area contributed by atoms with Gasteiger partial charge in [0, 0.05) is 25.2 Å². The van der Waals surface area contributed by atoms with Crippen LogP contribution in [0.4, 0.5) is 0 Å². The minimum atomic E-state index is -0.192. The lowest BCUT2D eigenvalue weighted by Gasteiger charge is -2.23. The molecule has 2 rings (SSSR count). The lowest BCUT2D eigenvalue weighted by atomic mass is 10.1. The molecule has 0 amide bonds. The van der Waals surface area contributed by atoms with Gasteiger partial charge in [-0.3, -0.25) is 4.79 Å². The van der Waals surface area contributed by atoms with E-state index in [0.717, 1.165) is 6.29 Å². The molecule has 0 aliphatic carbocycles. The Hall–Kier alpha value is -2.11. The topological polar surface area (TPSA) is 55.2 Å². The molecule has 0 aliphatic rings. The van der Waals surface area contributed by atoms with Gasteiger partial charge in [0.1, 0.15) is 17.1 Å². The van der Waals surface area contributed by atoms with Crippen molar-refractivity contribution in [1.29, 1.82) is 0 Å². The summed E-state index contributed by atoms with van der Waals surface area (Å²) in [7, 11) is 3.61. The predicted molar refractivity (Wildman–Crippen MR) is 99.3 cm³/mol. The molecule has 0 spiro atoms. The van der Waals surface area contributed by atoms with Crippen LogP contribution >= 0.6 is 23.2 Å². The maximum Gasteiger partial charge on any atom is 0.198 e. The highest BCUT2D eigenvalue weighted by molar-refractivity contribution is 6.29. The van der Waals surface area contributed by atoms with Gasteiger partial charge in [-0.15, -0.1) is 0 Å². The van der Waals surface area contributed by atoms with Crippen LogP contribution in [0, 0.1) is 0 Å². The molecule has 2 aromatic rings. The number of pyridine rings is 2. The summed E-state index contributed by atoms with van der Waals surface area (Å²) < 4.78 is 1.65. The summed E-state index contributed by atoms with van der Waals surface area (Å²) in [6.45, 7) is 1.84. The SMILES string of the molecule is C/C=C\c1c(/C(=C/Cl)N(C)C)n(CC=O)c2nc(Cl)ccc2c1=O. The molecule has 0 N–H and O–H groups in total. The molecule has 7 heteroatoms. The Balaban J connectivity index is 3.11. The van der Waals surface area contributed by atoms with Gasteiger partial charge in [-0.1, -0.05) is 35.4 Å². The summed E-state index contributed by atoms with van der Waals surface area (Å²) in [5.74, 6) is 0. The summed E-state index contributed by atoms with van der Waals surface area (Å²) in [5.41, 5.74) is 3.08. The second kappa shape index (κ2) is 7.64. The highest BCUT2D eigenvalue weighted by Crippen LogP contribution is 2.26. The van der Waals surface area contributed by atoms with Gasteiger partial charge in [0.25, 0.3) is 0 Å². The van der Waals surface area contributed by atoms with Crippen LogP contribution in [0.5, 0.6) is 0 Å². The van der Waals surface area contributed by atoms with E-state index in [4.69, 9.17) is 23.2 Å². The standard InChI is InChI=1S/C17H17Cl2N3O2/c1-4-5-11-15(13(10-18)21(2)3)22(8-9-23)17-12(16(11)24)6-7-14(19)20-17/h4-7,9-10H,8H2,1-3H3/b5-4-,13-10-. The molecule has 0 aromatic carbocycles. The third-order valence-corrected chi connectivity index (χ3v) is 3.95. The highest BCUT2D eigenvalue weighted by atomic mass is 35.5. The Kier molecular flexibility index (Phi) is 5.80. The highest BCUT2D eigenvalue weighted by Gasteiger charge is 2.20. The van der Waals surface area contributed by atoms with Crippen molar-refractivity contribution in [1.82, 2.24) is 14.5 Å². The van der Waals surface area contributed by atoms with Crippen molar-refractivity contribution in [3.05, 3.63) is 50.4 Å². The summed E-state index contributed by atoms with van der Waals surface area (Å²) >= 11 is 12.0. The quantitative estimate of drug-likeness (QED) is 0.601. The van der Waals surface area contributed by atoms with Crippen LogP contribution in [-0.4, -0.2) is 34.8 Å². The first-order chi connectivity index (χ1) is 11.5. The maximum absolute atomic E-state index is 12.9. The number of allylic oxidation sites excluding steroid dienone is 1. The van der Waals surface area contributed by atoms with E-state index in [1.165, 1.54) is 5.54 Å². The zero-order valence-electron chi connectivity index (χ0n) is 13.6. The average molecular weight is 366 g/mol. The van der Waals surface area contributed by atoms with Gasteiger partial charge in [0.05, 0.1) is 23.3 Å². The van der Waals surface area contributed by atoms with Gasteiger partial charge >= 0.3 is 0 Å². The fourth-order valence-corrected chi connectivity index (χ4v) is 2.96. The van der Waals surface area contributed by atoms with Crippen LogP contribution in [0.15, 0.2) is 28.5 Å². The van der Waals surface area contributed by atoms with Crippen LogP contribution in [0.3, 0.4) is 0 Å². The zero-order valence-corrected chi connectivity index (χ0v) is 15.1. The zero-order chi connectivity index (χ0) is 17.9. The number of hydrogen-bond donors (Lipinski definition) is 0. The smallest absolute Gasteiger partial charge is 0.198 e. The summed E-state index contributed by atoms with van der Waals surface area (Å²) in [4.78, 5) is 30.2. The van der Waals surface area contributed by atoms with Gasteiger partial charge in [0.2, 0.25) is 0 Å². The Morgan fingerprint density at radius 2 is 2.08 bits per heavy atom. The average Bonchev–Trinajstić information content (AvgIpc) is 2.54. The maximum atomic E-state index is 12.9. The van der Waals surface area contributed by atoms with Crippen molar-refractivity contribution in [2.24, 2.45) is 0 Å². The number of nitrogens with zero attached hydrogens (tertiary/aromatic N) is 3. The van der Waals surface area contributed by atoms with Gasteiger partial charge in [-0.25, -0.2) is 4.98 Å². The number of carbonyl (C=O) groups excluding carboxylic acids is 1. The molecule has 2 aromatic heterocycles. The van der Waals surface area contributed by atoms with Gasteiger partial charge in [-0.05, 0) is 19.1 Å². The second-order valence-corrected chi connectivity index (χ2v) is 5.87. The Bertz CT molecular complexity index is 899. The summed E-state index contributed by atoms with van der Waals surface area (Å²) in [6, 6.07) is 3.17. The van der Waals surface area contributed by atoms with E-state index in [-0.39, 0.29) is 17.1 Å². The first-order valence-corrected chi connectivity index (χ1v) is 8.05. The molecule has 24 heavy (non-hydrogen) atoms. The summed E-state index contributed by atoms with van der Waals surface area (Å²) in [5, 5.41) is 0.637. The minimum Gasteiger partial charge on any atom is -0.375 e. The first kappa shape index (κ1) is 18.2. The van der Waals surface area contributed by atoms with Crippen molar-refractivity contribution in [2.45, 2.75) is 13.5 Å². The predicted octanol–water partition coefficient (Wildman–Crippen LogP) is 3.38. The van der Waals surface area contributed by atoms with E-state index in [1.54, 1.807) is 47.8 Å². The van der Waals surface area contributed by atoms with Crippen LogP contribution in [0.2, 0.25) is 5.15 Å². The number of carbonyl (C=O) groups is 1. The molecule has 0 atom stereocenters. The molecule has 5 nitrogen and oxygen atoms in total. The molecule has 0 aliphatic heterocycles. The van der Waals surface area contributed by atoms with Crippen molar-refractivity contribution in [2.75, 3.05) is 14.1 Å². The largest absolute Gasteiger partial charge is 0.375 e. The van der Waals surface area contributed by atoms with Crippen molar-refractivity contribution < 1.29 is 4.79 Å². The second-order valence-electron chi connectivity index (χ2n) is 5.26. The molecule has 126 valence electrons. The molecule has 0 unspecified atom stereocenters. The van der Waals surface area contributed by atoms with Gasteiger partial charge in [-0.2, -0.15) is 0 Å². The van der Waals surface area contributed by atoms with E-state index in [9.17, 15) is 9.59 Å². The van der Waals surface area contributed by atoms with Crippen LogP contribution < -0.4 is 5.43 Å². The van der Waals surface area contributed by atoms with Gasteiger partial charge < -0.3 is 14.3 Å². The number of halogens is 2. The normalized spacial score (nSPS) is 12.1. The van der Waals surface area contributed by atoms with Crippen molar-refractivity contribution in [3.63, 3.8) is 0 Å². The van der Waals surface area contributed by atoms with E-state index >= 15 is 0 Å². The van der Waals surface area contributed by atoms with Crippen LogP contribution in [0.1, 0.15) is 18.2 Å². The molecule has 0 saturated carbocycles. The molecule has 0 radical (unpaired) electrons. The van der Waals surface area contributed by atoms with Crippen LogP contribution in [-0.2, 0) is 11.3 Å². The Labute approximate surface area is 149 Å². The molecular weight excluding hydrogens is 349 g/mol. The third-order valence-electron chi connectivity index (χ3n) is 3.53. The monoisotopic (exact) mass is 365 g/mol. The lowest BCUT2D eigenvalue weighted by Crippen LogP contribution is -2.24. The van der Waals surface area contributed by atoms with E-state index < -0.39 is 0 Å². The Morgan fingerprint density at radius 1 is 1.38 bits per heavy atom. The number of aromatic nitrogens is 2. The van der Waals surface area contributed by atoms with Crippen molar-refractivity contribution in [3.8, 4) is 0 Å². The fourth-order valence-electron chi connectivity index (χ4n) is 2.52. The number of fused-ring (bicyclic) bond motifs is 1. The minimum absolute atomic E-state index is 0.0199. The van der Waals surface area contributed by atoms with E-state index in [1.807, 2.05) is 6.92 Å². The Morgan fingerprint density at radius 3 is 2.62 bits per heavy atom. The number of aldehydes is 1. The molecule has 0 bridgehead atoms. The molecule has 0 fully saturated rings. The number of rotatable bonds is 5. The van der Waals surface area contributed by atoms with E-state index in [0.29, 0.717) is 28.0 Å². The van der Waals surface area contributed by atoms with Crippen LogP contribution in [0.25, 0.3) is 22.8 Å². The summed E-state index contributed by atoms with van der Waals surface area (Å²) in [6.07, 6.45) is 4.22. The third kappa shape index (κ3) is 3.23. The molecule has 0 saturated heterocycles. The van der Waals surface area contributed by atoms with Gasteiger partial charge in [0.15, 0.2) is 5.43 Å².